The van der Waals surface area contributed by atoms with Crippen molar-refractivity contribution in [1.29, 1.82) is 0 Å². The number of nitrogens with two attached hydrogens (primary N) is 1. The van der Waals surface area contributed by atoms with Gasteiger partial charge in [-0.15, -0.1) is 0 Å². The minimum Gasteiger partial charge on any atom is -0.384 e. The van der Waals surface area contributed by atoms with Gasteiger partial charge in [-0.2, -0.15) is 5.10 Å². The Bertz CT molecular complexity index is 499. The summed E-state index contributed by atoms with van der Waals surface area (Å²) in [5.74, 6) is 0.702. The minimum absolute atomic E-state index is 0.702. The van der Waals surface area contributed by atoms with Gasteiger partial charge in [-0.05, 0) is 25.5 Å². The molecule has 0 aliphatic rings. The van der Waals surface area contributed by atoms with Crippen molar-refractivity contribution in [1.82, 2.24) is 14.8 Å². The molecule has 0 aliphatic heterocycles. The van der Waals surface area contributed by atoms with Gasteiger partial charge in [0.2, 0.25) is 0 Å². The molecule has 0 amide bonds. The van der Waals surface area contributed by atoms with E-state index in [4.69, 9.17) is 5.73 Å². The van der Waals surface area contributed by atoms with Crippen molar-refractivity contribution in [2.75, 3.05) is 5.73 Å². The third-order valence-corrected chi connectivity index (χ3v) is 2.63. The first-order valence-corrected chi connectivity index (χ1v) is 4.81. The van der Waals surface area contributed by atoms with Crippen LogP contribution in [0.15, 0.2) is 18.5 Å². The van der Waals surface area contributed by atoms with Gasteiger partial charge in [0.25, 0.3) is 0 Å². The van der Waals surface area contributed by atoms with E-state index >= 15 is 0 Å². The smallest absolute Gasteiger partial charge is 0.124 e. The number of aryl methyl sites for hydroxylation is 2. The van der Waals surface area contributed by atoms with Gasteiger partial charge in [-0.3, -0.25) is 9.67 Å². The molecule has 0 radical (unpaired) electrons. The summed E-state index contributed by atoms with van der Waals surface area (Å²) in [4.78, 5) is 4.11. The second kappa shape index (κ2) is 3.38. The highest BCUT2D eigenvalue weighted by atomic mass is 15.3. The lowest BCUT2D eigenvalue weighted by molar-refractivity contribution is 0.781. The lowest BCUT2D eigenvalue weighted by Gasteiger charge is -2.01. The summed E-state index contributed by atoms with van der Waals surface area (Å²) in [7, 11) is 1.84. The van der Waals surface area contributed by atoms with Crippen LogP contribution >= 0.6 is 0 Å². The van der Waals surface area contributed by atoms with Crippen LogP contribution in [0, 0.1) is 13.8 Å². The number of pyridine rings is 1. The zero-order chi connectivity index (χ0) is 11.0. The number of aromatic nitrogens is 3. The van der Waals surface area contributed by atoms with E-state index in [1.54, 1.807) is 10.9 Å². The Kier molecular flexibility index (Phi) is 2.19. The fourth-order valence-corrected chi connectivity index (χ4v) is 1.61. The second-order valence-electron chi connectivity index (χ2n) is 3.67. The molecule has 0 bridgehead atoms. The Labute approximate surface area is 88.8 Å². The molecule has 0 aromatic carbocycles. The quantitative estimate of drug-likeness (QED) is 0.765. The number of hydrogen-bond acceptors (Lipinski definition) is 3. The van der Waals surface area contributed by atoms with Crippen LogP contribution in [-0.2, 0) is 7.05 Å². The van der Waals surface area contributed by atoms with E-state index in [0.717, 1.165) is 22.4 Å². The van der Waals surface area contributed by atoms with Gasteiger partial charge in [0.1, 0.15) is 5.82 Å². The third-order valence-electron chi connectivity index (χ3n) is 2.63. The molecule has 4 nitrogen and oxygen atoms in total. The van der Waals surface area contributed by atoms with Crippen molar-refractivity contribution in [3.05, 3.63) is 29.6 Å². The molecule has 2 rings (SSSR count). The van der Waals surface area contributed by atoms with Gasteiger partial charge >= 0.3 is 0 Å². The Morgan fingerprint density at radius 3 is 2.60 bits per heavy atom. The molecule has 0 atom stereocenters. The highest BCUT2D eigenvalue weighted by Gasteiger charge is 2.12. The standard InChI is InChI=1S/C11H14N4/c1-7-4-5-13-6-9(7)10-8(2)11(12)15(3)14-10/h4-6H,12H2,1-3H3. The lowest BCUT2D eigenvalue weighted by Crippen LogP contribution is -1.97. The number of nitrogens with zero attached hydrogens (tertiary/aromatic N) is 3. The number of nitrogen functional groups attached to an aromatic ring is 1. The van der Waals surface area contributed by atoms with Crippen LogP contribution in [0.1, 0.15) is 11.1 Å². The number of hydrogen-bond donors (Lipinski definition) is 1. The van der Waals surface area contributed by atoms with Crippen LogP contribution in [0.3, 0.4) is 0 Å². The van der Waals surface area contributed by atoms with Gasteiger partial charge in [0, 0.05) is 30.6 Å². The molecular weight excluding hydrogens is 188 g/mol. The molecule has 4 heteroatoms. The molecule has 0 spiro atoms. The van der Waals surface area contributed by atoms with Gasteiger partial charge in [0.15, 0.2) is 0 Å². The Hall–Kier alpha value is -1.84. The van der Waals surface area contributed by atoms with Crippen molar-refractivity contribution < 1.29 is 0 Å². The largest absolute Gasteiger partial charge is 0.384 e. The van der Waals surface area contributed by atoms with E-state index in [1.165, 1.54) is 0 Å². The first-order valence-electron chi connectivity index (χ1n) is 4.81. The van der Waals surface area contributed by atoms with Crippen molar-refractivity contribution in [3.63, 3.8) is 0 Å². The van der Waals surface area contributed by atoms with Crippen molar-refractivity contribution in [2.45, 2.75) is 13.8 Å². The monoisotopic (exact) mass is 202 g/mol. The highest BCUT2D eigenvalue weighted by molar-refractivity contribution is 5.69. The summed E-state index contributed by atoms with van der Waals surface area (Å²) in [5.41, 5.74) is 10.00. The molecule has 0 saturated heterocycles. The van der Waals surface area contributed by atoms with Crippen molar-refractivity contribution >= 4 is 5.82 Å². The van der Waals surface area contributed by atoms with E-state index in [9.17, 15) is 0 Å². The summed E-state index contributed by atoms with van der Waals surface area (Å²) in [5, 5.41) is 4.39. The van der Waals surface area contributed by atoms with E-state index in [-0.39, 0.29) is 0 Å². The topological polar surface area (TPSA) is 56.7 Å². The molecule has 15 heavy (non-hydrogen) atoms. The maximum atomic E-state index is 5.87. The average Bonchev–Trinajstić information content (AvgIpc) is 2.47. The summed E-state index contributed by atoms with van der Waals surface area (Å²) in [6, 6.07) is 1.97. The predicted molar refractivity (Wildman–Crippen MR) is 60.3 cm³/mol. The highest BCUT2D eigenvalue weighted by Crippen LogP contribution is 2.27. The molecule has 0 aliphatic carbocycles. The van der Waals surface area contributed by atoms with Crippen LogP contribution in [0.5, 0.6) is 0 Å². The maximum absolute atomic E-state index is 5.87. The Balaban J connectivity index is 2.65. The van der Waals surface area contributed by atoms with Gasteiger partial charge < -0.3 is 5.73 Å². The third kappa shape index (κ3) is 1.48. The molecule has 2 N–H and O–H groups in total. The van der Waals surface area contributed by atoms with Crippen LogP contribution in [0.25, 0.3) is 11.3 Å². The fraction of sp³-hybridized carbons (Fsp3) is 0.273. The zero-order valence-corrected chi connectivity index (χ0v) is 9.15. The lowest BCUT2D eigenvalue weighted by atomic mass is 10.1. The Morgan fingerprint density at radius 2 is 2.07 bits per heavy atom. The number of rotatable bonds is 1. The molecule has 0 fully saturated rings. The van der Waals surface area contributed by atoms with Crippen LogP contribution < -0.4 is 5.73 Å². The van der Waals surface area contributed by atoms with Crippen LogP contribution in [0.4, 0.5) is 5.82 Å². The van der Waals surface area contributed by atoms with E-state index in [0.29, 0.717) is 5.82 Å². The molecule has 2 heterocycles. The average molecular weight is 202 g/mol. The fourth-order valence-electron chi connectivity index (χ4n) is 1.61. The van der Waals surface area contributed by atoms with Crippen molar-refractivity contribution in [2.24, 2.45) is 7.05 Å². The first-order chi connectivity index (χ1) is 7.11. The Morgan fingerprint density at radius 1 is 1.33 bits per heavy atom. The molecular formula is C11H14N4. The molecule has 0 saturated carbocycles. The molecule has 2 aromatic heterocycles. The van der Waals surface area contributed by atoms with Gasteiger partial charge in [0.05, 0.1) is 5.69 Å². The molecule has 0 unspecified atom stereocenters. The van der Waals surface area contributed by atoms with E-state index < -0.39 is 0 Å². The van der Waals surface area contributed by atoms with Crippen molar-refractivity contribution in [3.8, 4) is 11.3 Å². The minimum atomic E-state index is 0.702. The second-order valence-corrected chi connectivity index (χ2v) is 3.67. The van der Waals surface area contributed by atoms with Crippen LogP contribution in [-0.4, -0.2) is 14.8 Å². The number of anilines is 1. The van der Waals surface area contributed by atoms with E-state index in [1.807, 2.05) is 33.2 Å². The van der Waals surface area contributed by atoms with Crippen LogP contribution in [0.2, 0.25) is 0 Å². The normalized spacial score (nSPS) is 10.6. The first kappa shape index (κ1) is 9.71. The molecule has 78 valence electrons. The zero-order valence-electron chi connectivity index (χ0n) is 9.15. The summed E-state index contributed by atoms with van der Waals surface area (Å²) in [6.45, 7) is 4.02. The van der Waals surface area contributed by atoms with E-state index in [2.05, 4.69) is 10.1 Å². The summed E-state index contributed by atoms with van der Waals surface area (Å²) < 4.78 is 1.69. The summed E-state index contributed by atoms with van der Waals surface area (Å²) in [6.07, 6.45) is 3.60. The predicted octanol–water partition coefficient (Wildman–Crippen LogP) is 1.68. The summed E-state index contributed by atoms with van der Waals surface area (Å²) >= 11 is 0. The van der Waals surface area contributed by atoms with Gasteiger partial charge in [-0.1, -0.05) is 0 Å². The maximum Gasteiger partial charge on any atom is 0.124 e. The SMILES string of the molecule is Cc1ccncc1-c1nn(C)c(N)c1C. The van der Waals surface area contributed by atoms with Gasteiger partial charge in [-0.25, -0.2) is 0 Å². The molecule has 2 aromatic rings.